The molecule has 0 aliphatic rings. The molecule has 6 nitrogen and oxygen atoms in total. The summed E-state index contributed by atoms with van der Waals surface area (Å²) in [5.74, 6) is -0.977. The van der Waals surface area contributed by atoms with Crippen LogP contribution < -0.4 is 5.32 Å². The van der Waals surface area contributed by atoms with Gasteiger partial charge in [0, 0.05) is 6.42 Å². The number of amides is 1. The number of aliphatic hydroxyl groups is 1. The van der Waals surface area contributed by atoms with Crippen molar-refractivity contribution in [3.05, 3.63) is 24.3 Å². The van der Waals surface area contributed by atoms with E-state index in [1.807, 2.05) is 6.08 Å². The van der Waals surface area contributed by atoms with Gasteiger partial charge in [-0.1, -0.05) is 179 Å². The first-order chi connectivity index (χ1) is 22.8. The van der Waals surface area contributed by atoms with Gasteiger partial charge in [-0.3, -0.25) is 9.35 Å². The minimum Gasteiger partial charge on any atom is -0.387 e. The molecule has 0 bridgehead atoms. The zero-order valence-corrected chi connectivity index (χ0v) is 31.7. The quantitative estimate of drug-likeness (QED) is 0.0346. The molecule has 0 aliphatic heterocycles. The topological polar surface area (TPSA) is 104 Å². The van der Waals surface area contributed by atoms with E-state index in [1.165, 1.54) is 148 Å². The fraction of sp³-hybridized carbons (Fsp3) is 0.875. The summed E-state index contributed by atoms with van der Waals surface area (Å²) in [6.07, 6.45) is 43.1. The number of nitrogens with one attached hydrogen (secondary N) is 1. The molecule has 0 rings (SSSR count). The van der Waals surface area contributed by atoms with Crippen LogP contribution in [-0.2, 0) is 14.9 Å². The normalized spacial score (nSPS) is 13.5. The van der Waals surface area contributed by atoms with Gasteiger partial charge in [0.05, 0.1) is 17.9 Å². The lowest BCUT2D eigenvalue weighted by atomic mass is 10.0. The smallest absolute Gasteiger partial charge is 0.267 e. The van der Waals surface area contributed by atoms with Crippen molar-refractivity contribution in [2.75, 3.05) is 5.75 Å². The maximum Gasteiger partial charge on any atom is 0.267 e. The first-order valence-corrected chi connectivity index (χ1v) is 21.6. The van der Waals surface area contributed by atoms with Gasteiger partial charge < -0.3 is 10.4 Å². The van der Waals surface area contributed by atoms with Crippen LogP contribution in [0.25, 0.3) is 0 Å². The predicted octanol–water partition coefficient (Wildman–Crippen LogP) is 11.6. The zero-order valence-electron chi connectivity index (χ0n) is 30.9. The van der Waals surface area contributed by atoms with E-state index in [-0.39, 0.29) is 5.91 Å². The van der Waals surface area contributed by atoms with E-state index in [4.69, 9.17) is 0 Å². The zero-order chi connectivity index (χ0) is 34.7. The molecule has 278 valence electrons. The highest BCUT2D eigenvalue weighted by Crippen LogP contribution is 2.14. The van der Waals surface area contributed by atoms with Gasteiger partial charge in [-0.15, -0.1) is 0 Å². The Labute approximate surface area is 292 Å². The average Bonchev–Trinajstić information content (AvgIpc) is 3.03. The Kier molecular flexibility index (Phi) is 33.8. The molecule has 0 aromatic carbocycles. The molecule has 0 fully saturated rings. The minimum absolute atomic E-state index is 0.281. The van der Waals surface area contributed by atoms with Crippen LogP contribution in [0.3, 0.4) is 0 Å². The first kappa shape index (κ1) is 45.8. The number of carbonyl (C=O) groups excluding carboxylic acids is 1. The molecule has 7 heteroatoms. The third-order valence-corrected chi connectivity index (χ3v) is 9.90. The van der Waals surface area contributed by atoms with Gasteiger partial charge in [0.1, 0.15) is 0 Å². The Morgan fingerprint density at radius 2 is 0.894 bits per heavy atom. The van der Waals surface area contributed by atoms with Gasteiger partial charge in [0.2, 0.25) is 5.91 Å². The Balaban J connectivity index is 3.85. The van der Waals surface area contributed by atoms with Gasteiger partial charge in [-0.25, -0.2) is 0 Å². The molecule has 1 amide bonds. The van der Waals surface area contributed by atoms with E-state index < -0.39 is 28.0 Å². The summed E-state index contributed by atoms with van der Waals surface area (Å²) in [6.45, 7) is 4.50. The molecule has 2 unspecified atom stereocenters. The van der Waals surface area contributed by atoms with Crippen LogP contribution in [0.15, 0.2) is 24.3 Å². The Morgan fingerprint density at radius 1 is 0.553 bits per heavy atom. The molecule has 0 heterocycles. The van der Waals surface area contributed by atoms with Gasteiger partial charge in [0.25, 0.3) is 10.1 Å². The largest absolute Gasteiger partial charge is 0.387 e. The summed E-state index contributed by atoms with van der Waals surface area (Å²) in [5.41, 5.74) is 0. The molecule has 2 atom stereocenters. The summed E-state index contributed by atoms with van der Waals surface area (Å²) in [6, 6.07) is -1.05. The summed E-state index contributed by atoms with van der Waals surface area (Å²) < 4.78 is 32.4. The molecule has 0 aromatic heterocycles. The van der Waals surface area contributed by atoms with Crippen molar-refractivity contribution in [2.45, 2.75) is 219 Å². The van der Waals surface area contributed by atoms with Crippen LogP contribution in [0, 0.1) is 0 Å². The highest BCUT2D eigenvalue weighted by molar-refractivity contribution is 7.85. The number of carbonyl (C=O) groups is 1. The number of allylic oxidation sites excluding steroid dienone is 3. The number of rotatable bonds is 36. The number of unbranched alkanes of at least 4 members (excludes halogenated alkanes) is 26. The Morgan fingerprint density at radius 3 is 1.28 bits per heavy atom. The molecule has 47 heavy (non-hydrogen) atoms. The van der Waals surface area contributed by atoms with Crippen molar-refractivity contribution in [1.29, 1.82) is 0 Å². The van der Waals surface area contributed by atoms with Crippen LogP contribution in [0.2, 0.25) is 0 Å². The van der Waals surface area contributed by atoms with Gasteiger partial charge in [-0.2, -0.15) is 8.42 Å². The van der Waals surface area contributed by atoms with Crippen molar-refractivity contribution >= 4 is 16.0 Å². The van der Waals surface area contributed by atoms with E-state index in [0.717, 1.165) is 38.5 Å². The van der Waals surface area contributed by atoms with E-state index >= 15 is 0 Å². The third kappa shape index (κ3) is 35.9. The van der Waals surface area contributed by atoms with Crippen molar-refractivity contribution < 1.29 is 22.9 Å². The second kappa shape index (κ2) is 34.7. The van der Waals surface area contributed by atoms with Crippen molar-refractivity contribution in [2.24, 2.45) is 0 Å². The van der Waals surface area contributed by atoms with Crippen LogP contribution in [0.5, 0.6) is 0 Å². The van der Waals surface area contributed by atoms with Crippen LogP contribution >= 0.6 is 0 Å². The summed E-state index contributed by atoms with van der Waals surface area (Å²) >= 11 is 0. The predicted molar refractivity (Wildman–Crippen MR) is 202 cm³/mol. The van der Waals surface area contributed by atoms with Crippen molar-refractivity contribution in [3.63, 3.8) is 0 Å². The Hall–Kier alpha value is -1.18. The fourth-order valence-electron chi connectivity index (χ4n) is 6.09. The second-order valence-electron chi connectivity index (χ2n) is 13.9. The lowest BCUT2D eigenvalue weighted by Crippen LogP contribution is -2.46. The van der Waals surface area contributed by atoms with Gasteiger partial charge >= 0.3 is 0 Å². The van der Waals surface area contributed by atoms with Crippen LogP contribution in [-0.4, -0.2) is 41.9 Å². The third-order valence-electron chi connectivity index (χ3n) is 9.12. The molecular weight excluding hydrogens is 607 g/mol. The van der Waals surface area contributed by atoms with E-state index in [9.17, 15) is 22.9 Å². The molecule has 0 aromatic rings. The summed E-state index contributed by atoms with van der Waals surface area (Å²) in [5, 5.41) is 13.2. The minimum atomic E-state index is -4.34. The maximum atomic E-state index is 12.5. The lowest BCUT2D eigenvalue weighted by molar-refractivity contribution is -0.122. The summed E-state index contributed by atoms with van der Waals surface area (Å²) in [7, 11) is -4.34. The van der Waals surface area contributed by atoms with E-state index in [0.29, 0.717) is 6.42 Å². The van der Waals surface area contributed by atoms with Crippen LogP contribution in [0.1, 0.15) is 206 Å². The molecule has 0 aliphatic carbocycles. The molecule has 0 spiro atoms. The monoisotopic (exact) mass is 684 g/mol. The average molecular weight is 684 g/mol. The number of hydrogen-bond acceptors (Lipinski definition) is 4. The van der Waals surface area contributed by atoms with Crippen molar-refractivity contribution in [3.8, 4) is 0 Å². The molecule has 0 saturated carbocycles. The molecule has 0 saturated heterocycles. The Bertz CT molecular complexity index is 842. The second-order valence-corrected chi connectivity index (χ2v) is 15.4. The molecule has 3 N–H and O–H groups in total. The van der Waals surface area contributed by atoms with Crippen LogP contribution in [0.4, 0.5) is 0 Å². The molecular formula is C40H77NO5S. The van der Waals surface area contributed by atoms with Gasteiger partial charge in [-0.05, 0) is 44.9 Å². The fourth-order valence-corrected chi connectivity index (χ4v) is 6.83. The summed E-state index contributed by atoms with van der Waals surface area (Å²) in [4.78, 5) is 12.5. The van der Waals surface area contributed by atoms with Crippen molar-refractivity contribution in [1.82, 2.24) is 5.32 Å². The highest BCUT2D eigenvalue weighted by atomic mass is 32.2. The van der Waals surface area contributed by atoms with E-state index in [2.05, 4.69) is 31.3 Å². The lowest BCUT2D eigenvalue weighted by Gasteiger charge is -2.21. The highest BCUT2D eigenvalue weighted by Gasteiger charge is 2.24. The standard InChI is InChI=1S/C40H77NO5S/c1-3-5-7-9-11-13-15-16-17-18-19-20-21-22-23-24-26-28-30-32-34-36-40(43)41-38(37-47(44,45)46)39(42)35-33-31-29-27-25-14-12-10-8-6-4-2/h18-19,33,35,38-39,42H,3-17,20-32,34,36-37H2,1-2H3,(H,41,43)(H,44,45,46)/b19-18-,35-33+. The first-order valence-electron chi connectivity index (χ1n) is 20.0. The SMILES string of the molecule is CCCCCCCCCC/C=C\CCCCCCCCCCCC(=O)NC(CS(=O)(=O)O)C(O)/C=C/CCCCCCCCCCC. The maximum absolute atomic E-state index is 12.5. The van der Waals surface area contributed by atoms with E-state index in [1.54, 1.807) is 6.08 Å². The number of hydrogen-bond donors (Lipinski definition) is 3. The van der Waals surface area contributed by atoms with Gasteiger partial charge in [0.15, 0.2) is 0 Å². The molecule has 0 radical (unpaired) electrons. The number of aliphatic hydroxyl groups excluding tert-OH is 1.